The first-order valence-electron chi connectivity index (χ1n) is 7.95. The number of thioether (sulfide) groups is 1. The van der Waals surface area contributed by atoms with Crippen molar-refractivity contribution >= 4 is 34.1 Å². The molecule has 128 valence electrons. The molecule has 0 spiro atoms. The van der Waals surface area contributed by atoms with E-state index in [0.717, 1.165) is 24.4 Å². The molecule has 0 radical (unpaired) electrons. The molecule has 3 rings (SSSR count). The van der Waals surface area contributed by atoms with Crippen molar-refractivity contribution in [3.63, 3.8) is 0 Å². The molecule has 0 bridgehead atoms. The number of nitrogens with two attached hydrogens (primary N) is 1. The summed E-state index contributed by atoms with van der Waals surface area (Å²) < 4.78 is 0.705. The first-order chi connectivity index (χ1) is 11.6. The number of nitrogens with zero attached hydrogens (tertiary/aromatic N) is 4. The molecule has 24 heavy (non-hydrogen) atoms. The van der Waals surface area contributed by atoms with Gasteiger partial charge in [0.05, 0.1) is 5.75 Å². The molecule has 1 aliphatic rings. The summed E-state index contributed by atoms with van der Waals surface area (Å²) in [5, 5.41) is 10.9. The second-order valence-electron chi connectivity index (χ2n) is 5.65. The van der Waals surface area contributed by atoms with Crippen LogP contribution in [0.3, 0.4) is 0 Å². The number of hydrogen-bond acceptors (Lipinski definition) is 8. The second-order valence-corrected chi connectivity index (χ2v) is 7.88. The lowest BCUT2D eigenvalue weighted by atomic mass is 9.95. The monoisotopic (exact) mass is 364 g/mol. The van der Waals surface area contributed by atoms with Crippen molar-refractivity contribution in [1.82, 2.24) is 25.5 Å². The molecule has 0 unspecified atom stereocenters. The number of rotatable bonds is 6. The van der Waals surface area contributed by atoms with Crippen LogP contribution in [0.15, 0.2) is 4.34 Å². The molecule has 0 fully saturated rings. The quantitative estimate of drug-likeness (QED) is 0.749. The van der Waals surface area contributed by atoms with E-state index in [9.17, 15) is 4.79 Å². The van der Waals surface area contributed by atoms with Crippen LogP contribution < -0.4 is 11.1 Å². The lowest BCUT2D eigenvalue weighted by molar-refractivity contribution is -0.118. The number of aryl methyl sites for hydroxylation is 2. The van der Waals surface area contributed by atoms with Gasteiger partial charge >= 0.3 is 0 Å². The highest BCUT2D eigenvalue weighted by Crippen LogP contribution is 2.23. The largest absolute Gasteiger partial charge is 0.374 e. The highest BCUT2D eigenvalue weighted by atomic mass is 32.2. The lowest BCUT2D eigenvalue weighted by Gasteiger charge is -2.17. The topological polar surface area (TPSA) is 107 Å². The van der Waals surface area contributed by atoms with E-state index in [-0.39, 0.29) is 5.91 Å². The molecule has 1 amide bonds. The first-order valence-corrected chi connectivity index (χ1v) is 9.76. The fraction of sp³-hybridized carbons (Fsp3) is 0.533. The number of anilines is 1. The summed E-state index contributed by atoms with van der Waals surface area (Å²) in [6, 6.07) is 0. The molecule has 0 aliphatic heterocycles. The molecule has 7 nitrogen and oxygen atoms in total. The van der Waals surface area contributed by atoms with Gasteiger partial charge in [0.2, 0.25) is 11.0 Å². The van der Waals surface area contributed by atoms with Crippen LogP contribution in [0.1, 0.15) is 35.6 Å². The number of carbonyl (C=O) groups excluding carboxylic acids is 1. The van der Waals surface area contributed by atoms with Gasteiger partial charge in [-0.2, -0.15) is 0 Å². The van der Waals surface area contributed by atoms with Crippen LogP contribution in [0, 0.1) is 6.92 Å². The molecule has 3 N–H and O–H groups in total. The molecule has 2 aromatic heterocycles. The van der Waals surface area contributed by atoms with Gasteiger partial charge in [0.25, 0.3) is 0 Å². The van der Waals surface area contributed by atoms with Gasteiger partial charge in [-0.05, 0) is 38.2 Å². The SMILES string of the molecule is Cc1nc(CCNC(=O)CSc2nnc(N)s2)nc2c1CCCC2. The number of nitrogen functional groups attached to an aromatic ring is 1. The maximum Gasteiger partial charge on any atom is 0.230 e. The van der Waals surface area contributed by atoms with E-state index in [1.54, 1.807) is 0 Å². The Morgan fingerprint density at radius 2 is 2.12 bits per heavy atom. The van der Waals surface area contributed by atoms with Gasteiger partial charge in [-0.15, -0.1) is 10.2 Å². The lowest BCUT2D eigenvalue weighted by Crippen LogP contribution is -2.28. The highest BCUT2D eigenvalue weighted by Gasteiger charge is 2.15. The number of amides is 1. The van der Waals surface area contributed by atoms with Crippen LogP contribution in [0.5, 0.6) is 0 Å². The summed E-state index contributed by atoms with van der Waals surface area (Å²) in [6.45, 7) is 2.59. The minimum atomic E-state index is -0.0385. The number of hydrogen-bond donors (Lipinski definition) is 2. The van der Waals surface area contributed by atoms with Gasteiger partial charge in [-0.1, -0.05) is 23.1 Å². The molecule has 0 atom stereocenters. The Balaban J connectivity index is 1.46. The number of nitrogens with one attached hydrogen (secondary N) is 1. The predicted octanol–water partition coefficient (Wildman–Crippen LogP) is 1.55. The third-order valence-corrected chi connectivity index (χ3v) is 5.74. The highest BCUT2D eigenvalue weighted by molar-refractivity contribution is 8.01. The van der Waals surface area contributed by atoms with Crippen molar-refractivity contribution in [3.05, 3.63) is 22.8 Å². The fourth-order valence-corrected chi connectivity index (χ4v) is 4.19. The minimum absolute atomic E-state index is 0.0385. The number of carbonyl (C=O) groups is 1. The molecule has 0 saturated heterocycles. The van der Waals surface area contributed by atoms with E-state index in [4.69, 9.17) is 5.73 Å². The average Bonchev–Trinajstić information content (AvgIpc) is 2.98. The molecule has 0 saturated carbocycles. The van der Waals surface area contributed by atoms with Crippen LogP contribution in [0.2, 0.25) is 0 Å². The van der Waals surface area contributed by atoms with Gasteiger partial charge in [-0.25, -0.2) is 9.97 Å². The van der Waals surface area contributed by atoms with Gasteiger partial charge in [0, 0.05) is 24.4 Å². The third-order valence-electron chi connectivity index (χ3n) is 3.86. The van der Waals surface area contributed by atoms with Crippen molar-refractivity contribution in [2.24, 2.45) is 0 Å². The fourth-order valence-electron chi connectivity index (χ4n) is 2.73. The number of aromatic nitrogens is 4. The van der Waals surface area contributed by atoms with Crippen LogP contribution in [0.4, 0.5) is 5.13 Å². The van der Waals surface area contributed by atoms with Crippen LogP contribution in [-0.4, -0.2) is 38.4 Å². The Labute approximate surface area is 148 Å². The Hall–Kier alpha value is -1.74. The van der Waals surface area contributed by atoms with E-state index in [2.05, 4.69) is 32.4 Å². The first kappa shape index (κ1) is 17.1. The van der Waals surface area contributed by atoms with Gasteiger partial charge in [-0.3, -0.25) is 4.79 Å². The molecule has 9 heteroatoms. The Bertz CT molecular complexity index is 733. The molecular weight excluding hydrogens is 344 g/mol. The maximum absolute atomic E-state index is 11.9. The van der Waals surface area contributed by atoms with E-state index in [0.29, 0.717) is 28.2 Å². The van der Waals surface area contributed by atoms with E-state index >= 15 is 0 Å². The summed E-state index contributed by atoms with van der Waals surface area (Å²) in [4.78, 5) is 21.1. The van der Waals surface area contributed by atoms with E-state index in [1.807, 2.05) is 0 Å². The molecule has 0 aromatic carbocycles. The molecule has 1 aliphatic carbocycles. The summed E-state index contributed by atoms with van der Waals surface area (Å²) in [5.74, 6) is 1.08. The van der Waals surface area contributed by atoms with Gasteiger partial charge in [0.1, 0.15) is 5.82 Å². The van der Waals surface area contributed by atoms with Crippen molar-refractivity contribution < 1.29 is 4.79 Å². The average molecular weight is 365 g/mol. The minimum Gasteiger partial charge on any atom is -0.374 e. The Morgan fingerprint density at radius 1 is 1.29 bits per heavy atom. The summed E-state index contributed by atoms with van der Waals surface area (Å²) >= 11 is 2.62. The zero-order valence-corrected chi connectivity index (χ0v) is 15.2. The summed E-state index contributed by atoms with van der Waals surface area (Å²) in [5.41, 5.74) is 9.11. The molecular formula is C15H20N6OS2. The summed E-state index contributed by atoms with van der Waals surface area (Å²) in [7, 11) is 0. The van der Waals surface area contributed by atoms with Crippen LogP contribution >= 0.6 is 23.1 Å². The van der Waals surface area contributed by atoms with Crippen molar-refractivity contribution in [1.29, 1.82) is 0 Å². The third kappa shape index (κ3) is 4.41. The van der Waals surface area contributed by atoms with Crippen molar-refractivity contribution in [2.75, 3.05) is 18.0 Å². The van der Waals surface area contributed by atoms with Crippen LogP contribution in [-0.2, 0) is 24.1 Å². The Morgan fingerprint density at radius 3 is 2.92 bits per heavy atom. The number of fused-ring (bicyclic) bond motifs is 1. The predicted molar refractivity (Wildman–Crippen MR) is 95.2 cm³/mol. The molecule has 2 heterocycles. The van der Waals surface area contributed by atoms with Crippen molar-refractivity contribution in [2.45, 2.75) is 43.4 Å². The van der Waals surface area contributed by atoms with Gasteiger partial charge < -0.3 is 11.1 Å². The molecule has 2 aromatic rings. The van der Waals surface area contributed by atoms with Crippen molar-refractivity contribution in [3.8, 4) is 0 Å². The van der Waals surface area contributed by atoms with E-state index in [1.165, 1.54) is 47.2 Å². The Kier molecular flexibility index (Phi) is 5.62. The van der Waals surface area contributed by atoms with Crippen LogP contribution in [0.25, 0.3) is 0 Å². The normalized spacial score (nSPS) is 13.5. The zero-order chi connectivity index (χ0) is 16.9. The summed E-state index contributed by atoms with van der Waals surface area (Å²) in [6.07, 6.45) is 5.21. The van der Waals surface area contributed by atoms with E-state index < -0.39 is 0 Å². The second kappa shape index (κ2) is 7.89. The standard InChI is InChI=1S/C15H20N6OS2/c1-9-10-4-2-3-5-11(10)19-12(18-9)6-7-17-13(22)8-23-15-21-20-14(16)24-15/h2-8H2,1H3,(H2,16,20)(H,17,22). The maximum atomic E-state index is 11.9. The zero-order valence-electron chi connectivity index (χ0n) is 13.5. The van der Waals surface area contributed by atoms with Gasteiger partial charge in [0.15, 0.2) is 4.34 Å². The smallest absolute Gasteiger partial charge is 0.230 e.